The van der Waals surface area contributed by atoms with E-state index in [0.29, 0.717) is 0 Å². The van der Waals surface area contributed by atoms with Gasteiger partial charge in [-0.2, -0.15) is 0 Å². The summed E-state index contributed by atoms with van der Waals surface area (Å²) in [6.45, 7) is 4.17. The van der Waals surface area contributed by atoms with Gasteiger partial charge in [0, 0.05) is 29.8 Å². The molecule has 0 radical (unpaired) electrons. The molecule has 0 unspecified atom stereocenters. The number of nitrogens with zero attached hydrogens (tertiary/aromatic N) is 3. The standard InChI is InChI=1S/C20H18N4/c1-14-5-8-17(9-6-14)22-20-19(16-4-3-11-21-12-16)23-18-10-7-15(2)13-24(18)20/h3-13,22H,1-2H3. The van der Waals surface area contributed by atoms with E-state index >= 15 is 0 Å². The number of hydrogen-bond donors (Lipinski definition) is 1. The zero-order valence-electron chi connectivity index (χ0n) is 13.7. The molecule has 1 N–H and O–H groups in total. The molecule has 118 valence electrons. The van der Waals surface area contributed by atoms with Gasteiger partial charge in [0.15, 0.2) is 0 Å². The maximum Gasteiger partial charge on any atom is 0.143 e. The highest BCUT2D eigenvalue weighted by Gasteiger charge is 2.14. The van der Waals surface area contributed by atoms with Gasteiger partial charge in [0.25, 0.3) is 0 Å². The third-order valence-electron chi connectivity index (χ3n) is 4.02. The summed E-state index contributed by atoms with van der Waals surface area (Å²) in [6.07, 6.45) is 5.71. The van der Waals surface area contributed by atoms with Crippen molar-refractivity contribution in [1.82, 2.24) is 14.4 Å². The van der Waals surface area contributed by atoms with Gasteiger partial charge < -0.3 is 5.32 Å². The molecule has 0 saturated carbocycles. The monoisotopic (exact) mass is 314 g/mol. The predicted octanol–water partition coefficient (Wildman–Crippen LogP) is 4.76. The van der Waals surface area contributed by atoms with Gasteiger partial charge in [-0.15, -0.1) is 0 Å². The predicted molar refractivity (Wildman–Crippen MR) is 97.6 cm³/mol. The Morgan fingerprint density at radius 2 is 1.71 bits per heavy atom. The number of aromatic nitrogens is 3. The second-order valence-corrected chi connectivity index (χ2v) is 5.98. The van der Waals surface area contributed by atoms with Crippen LogP contribution in [0.2, 0.25) is 0 Å². The van der Waals surface area contributed by atoms with E-state index in [4.69, 9.17) is 4.98 Å². The number of nitrogens with one attached hydrogen (secondary N) is 1. The second kappa shape index (κ2) is 5.81. The molecule has 0 aliphatic heterocycles. The van der Waals surface area contributed by atoms with E-state index in [1.807, 2.05) is 24.4 Å². The normalized spacial score (nSPS) is 10.9. The van der Waals surface area contributed by atoms with Crippen molar-refractivity contribution in [2.75, 3.05) is 5.32 Å². The van der Waals surface area contributed by atoms with Crippen molar-refractivity contribution < 1.29 is 0 Å². The second-order valence-electron chi connectivity index (χ2n) is 5.98. The molecule has 3 heterocycles. The summed E-state index contributed by atoms with van der Waals surface area (Å²) < 4.78 is 2.09. The summed E-state index contributed by atoms with van der Waals surface area (Å²) in [7, 11) is 0. The molecule has 0 spiro atoms. The fraction of sp³-hybridized carbons (Fsp3) is 0.100. The number of hydrogen-bond acceptors (Lipinski definition) is 3. The van der Waals surface area contributed by atoms with Crippen LogP contribution in [0.5, 0.6) is 0 Å². The third kappa shape index (κ3) is 2.63. The average molecular weight is 314 g/mol. The lowest BCUT2D eigenvalue weighted by Gasteiger charge is -2.09. The summed E-state index contributed by atoms with van der Waals surface area (Å²) in [6, 6.07) is 16.4. The van der Waals surface area contributed by atoms with Gasteiger partial charge >= 0.3 is 0 Å². The minimum absolute atomic E-state index is 0.897. The maximum atomic E-state index is 4.80. The van der Waals surface area contributed by atoms with E-state index in [0.717, 1.165) is 28.4 Å². The lowest BCUT2D eigenvalue weighted by Crippen LogP contribution is -1.97. The number of imidazole rings is 1. The zero-order chi connectivity index (χ0) is 16.5. The molecule has 0 fully saturated rings. The highest BCUT2D eigenvalue weighted by Crippen LogP contribution is 2.31. The number of fused-ring (bicyclic) bond motifs is 1. The van der Waals surface area contributed by atoms with E-state index < -0.39 is 0 Å². The Balaban J connectivity index is 1.90. The summed E-state index contributed by atoms with van der Waals surface area (Å²) in [5.41, 5.74) is 6.26. The van der Waals surface area contributed by atoms with Crippen LogP contribution in [0.15, 0.2) is 67.1 Å². The summed E-state index contributed by atoms with van der Waals surface area (Å²) in [5, 5.41) is 3.52. The minimum Gasteiger partial charge on any atom is -0.339 e. The number of pyridine rings is 2. The fourth-order valence-corrected chi connectivity index (χ4v) is 2.75. The van der Waals surface area contributed by atoms with Gasteiger partial charge in [0.1, 0.15) is 17.2 Å². The van der Waals surface area contributed by atoms with Crippen LogP contribution in [0.3, 0.4) is 0 Å². The summed E-state index contributed by atoms with van der Waals surface area (Å²) in [5.74, 6) is 0.950. The molecular weight excluding hydrogens is 296 g/mol. The van der Waals surface area contributed by atoms with E-state index in [9.17, 15) is 0 Å². The van der Waals surface area contributed by atoms with Crippen LogP contribution in [-0.4, -0.2) is 14.4 Å². The molecule has 4 rings (SSSR count). The van der Waals surface area contributed by atoms with Crippen LogP contribution in [0.25, 0.3) is 16.9 Å². The molecular formula is C20H18N4. The van der Waals surface area contributed by atoms with Crippen LogP contribution < -0.4 is 5.32 Å². The highest BCUT2D eigenvalue weighted by molar-refractivity contribution is 5.79. The largest absolute Gasteiger partial charge is 0.339 e. The number of aryl methyl sites for hydroxylation is 2. The third-order valence-corrected chi connectivity index (χ3v) is 4.02. The first-order valence-corrected chi connectivity index (χ1v) is 7.93. The quantitative estimate of drug-likeness (QED) is 0.593. The Morgan fingerprint density at radius 1 is 0.917 bits per heavy atom. The van der Waals surface area contributed by atoms with Gasteiger partial charge in [-0.25, -0.2) is 4.98 Å². The lowest BCUT2D eigenvalue weighted by molar-refractivity contribution is 1.16. The zero-order valence-corrected chi connectivity index (χ0v) is 13.7. The number of rotatable bonds is 3. The SMILES string of the molecule is Cc1ccc(Nc2c(-c3cccnc3)nc3ccc(C)cn23)cc1. The van der Waals surface area contributed by atoms with Crippen molar-refractivity contribution in [3.63, 3.8) is 0 Å². The van der Waals surface area contributed by atoms with Crippen molar-refractivity contribution in [2.45, 2.75) is 13.8 Å². The van der Waals surface area contributed by atoms with Crippen LogP contribution in [0.1, 0.15) is 11.1 Å². The molecule has 1 aromatic carbocycles. The van der Waals surface area contributed by atoms with Gasteiger partial charge in [-0.3, -0.25) is 9.38 Å². The van der Waals surface area contributed by atoms with Gasteiger partial charge in [0.2, 0.25) is 0 Å². The smallest absolute Gasteiger partial charge is 0.143 e. The Morgan fingerprint density at radius 3 is 2.46 bits per heavy atom. The Hall–Kier alpha value is -3.14. The first-order valence-electron chi connectivity index (χ1n) is 7.93. The topological polar surface area (TPSA) is 42.2 Å². The first kappa shape index (κ1) is 14.5. The number of anilines is 2. The van der Waals surface area contributed by atoms with E-state index in [1.165, 1.54) is 11.1 Å². The van der Waals surface area contributed by atoms with E-state index in [1.54, 1.807) is 6.20 Å². The molecule has 0 amide bonds. The Kier molecular flexibility index (Phi) is 3.50. The minimum atomic E-state index is 0.897. The van der Waals surface area contributed by atoms with Gasteiger partial charge in [-0.1, -0.05) is 23.8 Å². The van der Waals surface area contributed by atoms with Crippen molar-refractivity contribution >= 4 is 17.2 Å². The van der Waals surface area contributed by atoms with Crippen LogP contribution in [0.4, 0.5) is 11.5 Å². The van der Waals surface area contributed by atoms with Crippen molar-refractivity contribution in [3.8, 4) is 11.3 Å². The summed E-state index contributed by atoms with van der Waals surface area (Å²) in [4.78, 5) is 9.03. The van der Waals surface area contributed by atoms with Crippen molar-refractivity contribution in [1.29, 1.82) is 0 Å². The molecule has 4 nitrogen and oxygen atoms in total. The van der Waals surface area contributed by atoms with Crippen LogP contribution in [-0.2, 0) is 0 Å². The fourth-order valence-electron chi connectivity index (χ4n) is 2.75. The maximum absolute atomic E-state index is 4.80. The van der Waals surface area contributed by atoms with E-state index in [2.05, 4.69) is 65.1 Å². The molecule has 0 atom stereocenters. The summed E-state index contributed by atoms with van der Waals surface area (Å²) >= 11 is 0. The molecule has 0 saturated heterocycles. The van der Waals surface area contributed by atoms with Gasteiger partial charge in [0.05, 0.1) is 0 Å². The number of benzene rings is 1. The molecule has 4 aromatic rings. The van der Waals surface area contributed by atoms with Crippen LogP contribution in [0, 0.1) is 13.8 Å². The molecule has 24 heavy (non-hydrogen) atoms. The van der Waals surface area contributed by atoms with Crippen molar-refractivity contribution in [2.24, 2.45) is 0 Å². The van der Waals surface area contributed by atoms with Crippen molar-refractivity contribution in [3.05, 3.63) is 78.2 Å². The molecule has 0 aliphatic rings. The van der Waals surface area contributed by atoms with Gasteiger partial charge in [-0.05, 0) is 49.7 Å². The molecule has 0 aliphatic carbocycles. The first-order chi connectivity index (χ1) is 11.7. The lowest BCUT2D eigenvalue weighted by atomic mass is 10.2. The molecule has 3 aromatic heterocycles. The Labute approximate surface area is 140 Å². The Bertz CT molecular complexity index is 986. The average Bonchev–Trinajstić information content (AvgIpc) is 2.95. The molecule has 0 bridgehead atoms. The molecule has 4 heteroatoms. The van der Waals surface area contributed by atoms with Crippen LogP contribution >= 0.6 is 0 Å². The van der Waals surface area contributed by atoms with E-state index in [-0.39, 0.29) is 0 Å². The highest BCUT2D eigenvalue weighted by atomic mass is 15.1.